The first-order valence-electron chi connectivity index (χ1n) is 9.01. The van der Waals surface area contributed by atoms with Crippen LogP contribution in [0.2, 0.25) is 0 Å². The van der Waals surface area contributed by atoms with Crippen molar-refractivity contribution in [3.63, 3.8) is 0 Å². The van der Waals surface area contributed by atoms with Crippen molar-refractivity contribution >= 4 is 22.6 Å². The van der Waals surface area contributed by atoms with Crippen molar-refractivity contribution in [2.45, 2.75) is 18.9 Å². The predicted molar refractivity (Wildman–Crippen MR) is 103 cm³/mol. The summed E-state index contributed by atoms with van der Waals surface area (Å²) in [6.45, 7) is 1.87. The van der Waals surface area contributed by atoms with Gasteiger partial charge in [0.15, 0.2) is 0 Å². The summed E-state index contributed by atoms with van der Waals surface area (Å²) in [6.07, 6.45) is 3.66. The summed E-state index contributed by atoms with van der Waals surface area (Å²) in [7, 11) is 1.87. The highest BCUT2D eigenvalue weighted by atomic mass is 16.2. The minimum absolute atomic E-state index is 0.0665. The maximum absolute atomic E-state index is 12.9. The van der Waals surface area contributed by atoms with Crippen LogP contribution < -0.4 is 4.90 Å². The zero-order chi connectivity index (χ0) is 17.9. The Bertz CT molecular complexity index is 912. The second kappa shape index (κ2) is 7.12. The molecule has 1 aromatic heterocycles. The molecule has 2 aromatic carbocycles. The van der Waals surface area contributed by atoms with Crippen molar-refractivity contribution in [2.75, 3.05) is 25.0 Å². The Kier molecular flexibility index (Phi) is 4.52. The lowest BCUT2D eigenvalue weighted by atomic mass is 10.0. The number of rotatable bonds is 3. The molecule has 1 fully saturated rings. The van der Waals surface area contributed by atoms with Gasteiger partial charge in [0.05, 0.1) is 17.2 Å². The number of nitrogens with zero attached hydrogens (tertiary/aromatic N) is 4. The zero-order valence-corrected chi connectivity index (χ0v) is 14.9. The third kappa shape index (κ3) is 3.25. The number of amides is 1. The van der Waals surface area contributed by atoms with Crippen molar-refractivity contribution in [2.24, 2.45) is 0 Å². The van der Waals surface area contributed by atoms with E-state index in [-0.39, 0.29) is 11.9 Å². The van der Waals surface area contributed by atoms with Crippen LogP contribution in [0.3, 0.4) is 0 Å². The van der Waals surface area contributed by atoms with E-state index in [1.807, 2.05) is 42.3 Å². The van der Waals surface area contributed by atoms with E-state index in [4.69, 9.17) is 0 Å². The van der Waals surface area contributed by atoms with Gasteiger partial charge in [-0.05, 0) is 37.1 Å². The first-order chi connectivity index (χ1) is 12.7. The first-order valence-corrected chi connectivity index (χ1v) is 9.01. The normalized spacial score (nSPS) is 17.3. The average molecular weight is 346 g/mol. The van der Waals surface area contributed by atoms with Gasteiger partial charge in [0.25, 0.3) is 5.91 Å². The van der Waals surface area contributed by atoms with E-state index in [1.54, 1.807) is 6.20 Å². The molecule has 0 aliphatic carbocycles. The number of hydrogen-bond donors (Lipinski definition) is 0. The summed E-state index contributed by atoms with van der Waals surface area (Å²) in [5.41, 5.74) is 3.17. The van der Waals surface area contributed by atoms with E-state index in [1.165, 1.54) is 5.69 Å². The van der Waals surface area contributed by atoms with Crippen molar-refractivity contribution in [3.8, 4) is 0 Å². The number of aromatic nitrogens is 2. The van der Waals surface area contributed by atoms with Crippen LogP contribution in [0, 0.1) is 0 Å². The third-order valence-electron chi connectivity index (χ3n) is 5.05. The van der Waals surface area contributed by atoms with Crippen LogP contribution in [0.5, 0.6) is 0 Å². The molecule has 5 nitrogen and oxygen atoms in total. The van der Waals surface area contributed by atoms with Crippen LogP contribution in [0.25, 0.3) is 11.0 Å². The molecule has 132 valence electrons. The maximum atomic E-state index is 12.9. The number of hydrogen-bond acceptors (Lipinski definition) is 4. The molecule has 0 unspecified atom stereocenters. The Hall–Kier alpha value is -2.95. The molecule has 1 amide bonds. The van der Waals surface area contributed by atoms with E-state index >= 15 is 0 Å². The van der Waals surface area contributed by atoms with Crippen molar-refractivity contribution in [1.82, 2.24) is 14.9 Å². The lowest BCUT2D eigenvalue weighted by Gasteiger charge is -2.38. The summed E-state index contributed by atoms with van der Waals surface area (Å²) in [6, 6.07) is 18.2. The standard InChI is InChI=1S/C21H22N4O/c1-24(17-10-7-13-25(15-17)16-8-3-2-4-9-16)21(26)20-14-22-18-11-5-6-12-19(18)23-20/h2-6,8-9,11-12,14,17H,7,10,13,15H2,1H3/t17-/m1/s1. The molecule has 4 rings (SSSR count). The molecule has 1 aliphatic rings. The molecular formula is C21H22N4O. The van der Waals surface area contributed by atoms with Crippen LogP contribution in [0.15, 0.2) is 60.8 Å². The van der Waals surface area contributed by atoms with Gasteiger partial charge in [-0.2, -0.15) is 0 Å². The monoisotopic (exact) mass is 346 g/mol. The molecule has 1 saturated heterocycles. The summed E-state index contributed by atoms with van der Waals surface area (Å²) >= 11 is 0. The fourth-order valence-electron chi connectivity index (χ4n) is 3.55. The van der Waals surface area contributed by atoms with Gasteiger partial charge in [-0.15, -0.1) is 0 Å². The summed E-state index contributed by atoms with van der Waals surface area (Å²) < 4.78 is 0. The predicted octanol–water partition coefficient (Wildman–Crippen LogP) is 3.37. The van der Waals surface area contributed by atoms with Crippen LogP contribution in [-0.4, -0.2) is 47.0 Å². The molecule has 0 spiro atoms. The van der Waals surface area contributed by atoms with Gasteiger partial charge in [-0.25, -0.2) is 4.98 Å². The number of fused-ring (bicyclic) bond motifs is 1. The van der Waals surface area contributed by atoms with Gasteiger partial charge >= 0.3 is 0 Å². The largest absolute Gasteiger partial charge is 0.369 e. The lowest BCUT2D eigenvalue weighted by Crippen LogP contribution is -2.48. The van der Waals surface area contributed by atoms with Gasteiger partial charge in [0.1, 0.15) is 5.69 Å². The quantitative estimate of drug-likeness (QED) is 0.730. The molecule has 5 heteroatoms. The Morgan fingerprint density at radius 2 is 1.81 bits per heavy atom. The molecule has 0 radical (unpaired) electrons. The number of para-hydroxylation sites is 3. The minimum atomic E-state index is -0.0665. The van der Waals surface area contributed by atoms with E-state index in [0.717, 1.165) is 37.0 Å². The Morgan fingerprint density at radius 3 is 2.62 bits per heavy atom. The van der Waals surface area contributed by atoms with Gasteiger partial charge < -0.3 is 9.80 Å². The highest BCUT2D eigenvalue weighted by Gasteiger charge is 2.27. The molecule has 1 aliphatic heterocycles. The van der Waals surface area contributed by atoms with Crippen LogP contribution in [-0.2, 0) is 0 Å². The van der Waals surface area contributed by atoms with Crippen LogP contribution >= 0.6 is 0 Å². The summed E-state index contributed by atoms with van der Waals surface area (Å²) in [4.78, 5) is 26.0. The number of likely N-dealkylation sites (N-methyl/N-ethyl adjacent to an activating group) is 1. The van der Waals surface area contributed by atoms with Crippen LogP contribution in [0.1, 0.15) is 23.3 Å². The van der Waals surface area contributed by atoms with E-state index < -0.39 is 0 Å². The van der Waals surface area contributed by atoms with Gasteiger partial charge in [-0.3, -0.25) is 9.78 Å². The molecule has 26 heavy (non-hydrogen) atoms. The number of piperidine rings is 1. The number of carbonyl (C=O) groups is 1. The molecule has 2 heterocycles. The highest BCUT2D eigenvalue weighted by molar-refractivity contribution is 5.93. The van der Waals surface area contributed by atoms with Crippen molar-refractivity contribution in [1.29, 1.82) is 0 Å². The fourth-order valence-corrected chi connectivity index (χ4v) is 3.55. The Morgan fingerprint density at radius 1 is 1.08 bits per heavy atom. The van der Waals surface area contributed by atoms with E-state index in [9.17, 15) is 4.79 Å². The van der Waals surface area contributed by atoms with Crippen molar-refractivity contribution in [3.05, 3.63) is 66.5 Å². The topological polar surface area (TPSA) is 49.3 Å². The summed E-state index contributed by atoms with van der Waals surface area (Å²) in [5, 5.41) is 0. The molecule has 3 aromatic rings. The molecule has 0 saturated carbocycles. The molecular weight excluding hydrogens is 324 g/mol. The first kappa shape index (κ1) is 16.5. The Labute approximate surface area is 153 Å². The third-order valence-corrected chi connectivity index (χ3v) is 5.05. The second-order valence-corrected chi connectivity index (χ2v) is 6.74. The summed E-state index contributed by atoms with van der Waals surface area (Å²) in [5.74, 6) is -0.0665. The SMILES string of the molecule is CN(C(=O)c1cnc2ccccc2n1)[C@@H]1CCCN(c2ccccc2)C1. The minimum Gasteiger partial charge on any atom is -0.369 e. The lowest BCUT2D eigenvalue weighted by molar-refractivity contribution is 0.0711. The fraction of sp³-hybridized carbons (Fsp3) is 0.286. The maximum Gasteiger partial charge on any atom is 0.274 e. The highest BCUT2D eigenvalue weighted by Crippen LogP contribution is 2.22. The van der Waals surface area contributed by atoms with Gasteiger partial charge in [0.2, 0.25) is 0 Å². The van der Waals surface area contributed by atoms with Crippen LogP contribution in [0.4, 0.5) is 5.69 Å². The number of carbonyl (C=O) groups excluding carboxylic acids is 1. The van der Waals surface area contributed by atoms with Crippen molar-refractivity contribution < 1.29 is 4.79 Å². The smallest absolute Gasteiger partial charge is 0.274 e. The average Bonchev–Trinajstić information content (AvgIpc) is 2.73. The van der Waals surface area contributed by atoms with Gasteiger partial charge in [-0.1, -0.05) is 30.3 Å². The molecule has 0 N–H and O–H groups in total. The van der Waals surface area contributed by atoms with Gasteiger partial charge in [0, 0.05) is 31.9 Å². The molecule has 1 atom stereocenters. The zero-order valence-electron chi connectivity index (χ0n) is 14.9. The number of benzene rings is 2. The number of anilines is 1. The molecule has 0 bridgehead atoms. The van der Waals surface area contributed by atoms with E-state index in [0.29, 0.717) is 5.69 Å². The second-order valence-electron chi connectivity index (χ2n) is 6.74. The van der Waals surface area contributed by atoms with E-state index in [2.05, 4.69) is 39.1 Å². The Balaban J connectivity index is 1.52.